The smallest absolute Gasteiger partial charge is 0.220 e. The molecule has 0 saturated carbocycles. The zero-order valence-corrected chi connectivity index (χ0v) is 12.7. The molecule has 0 spiro atoms. The average molecular weight is 262 g/mol. The molecule has 0 radical (unpaired) electrons. The molecule has 0 heterocycles. The van der Waals surface area contributed by atoms with Crippen LogP contribution in [0.15, 0.2) is 24.3 Å². The van der Waals surface area contributed by atoms with E-state index in [0.717, 1.165) is 0 Å². The highest BCUT2D eigenvalue weighted by molar-refractivity contribution is 5.77. The van der Waals surface area contributed by atoms with Crippen molar-refractivity contribution in [2.75, 3.05) is 13.6 Å². The Morgan fingerprint density at radius 3 is 2.37 bits per heavy atom. The van der Waals surface area contributed by atoms with Crippen molar-refractivity contribution in [3.8, 4) is 0 Å². The van der Waals surface area contributed by atoms with Crippen LogP contribution in [-0.2, 0) is 10.2 Å². The Bertz CT molecular complexity index is 409. The first kappa shape index (κ1) is 15.7. The van der Waals surface area contributed by atoms with E-state index >= 15 is 0 Å². The zero-order valence-electron chi connectivity index (χ0n) is 12.7. The van der Waals surface area contributed by atoms with E-state index < -0.39 is 0 Å². The Balaban J connectivity index is 2.58. The lowest BCUT2D eigenvalue weighted by molar-refractivity contribution is -0.122. The minimum absolute atomic E-state index is 0.104. The van der Waals surface area contributed by atoms with E-state index in [4.69, 9.17) is 0 Å². The van der Waals surface area contributed by atoms with Gasteiger partial charge in [0.25, 0.3) is 0 Å². The molecule has 1 aromatic rings. The van der Waals surface area contributed by atoms with Crippen LogP contribution < -0.4 is 10.6 Å². The number of aryl methyl sites for hydroxylation is 1. The maximum Gasteiger partial charge on any atom is 0.220 e. The lowest BCUT2D eigenvalue weighted by atomic mass is 9.81. The van der Waals surface area contributed by atoms with Crippen molar-refractivity contribution in [3.63, 3.8) is 0 Å². The Morgan fingerprint density at radius 1 is 1.26 bits per heavy atom. The molecule has 0 aliphatic rings. The first-order valence-corrected chi connectivity index (χ1v) is 6.86. The molecule has 1 rings (SSSR count). The fourth-order valence-corrected chi connectivity index (χ4v) is 1.94. The maximum absolute atomic E-state index is 12.0. The second kappa shape index (κ2) is 6.71. The van der Waals surface area contributed by atoms with Crippen molar-refractivity contribution in [1.29, 1.82) is 0 Å². The summed E-state index contributed by atoms with van der Waals surface area (Å²) in [5.41, 5.74) is 2.31. The first-order chi connectivity index (χ1) is 8.85. The third kappa shape index (κ3) is 5.03. The van der Waals surface area contributed by atoms with Crippen molar-refractivity contribution in [2.24, 2.45) is 0 Å². The molecule has 0 aromatic heterocycles. The summed E-state index contributed by atoms with van der Waals surface area (Å²) >= 11 is 0. The largest absolute Gasteiger partial charge is 0.355 e. The predicted molar refractivity (Wildman–Crippen MR) is 80.4 cm³/mol. The summed E-state index contributed by atoms with van der Waals surface area (Å²) in [5, 5.41) is 6.08. The summed E-state index contributed by atoms with van der Waals surface area (Å²) in [5.74, 6) is 0.104. The maximum atomic E-state index is 12.0. The van der Waals surface area contributed by atoms with Gasteiger partial charge in [-0.3, -0.25) is 4.79 Å². The predicted octanol–water partition coefficient (Wildman–Crippen LogP) is 2.39. The second-order valence-electron chi connectivity index (χ2n) is 5.92. The molecule has 0 saturated heterocycles. The number of nitrogens with one attached hydrogen (secondary N) is 2. The van der Waals surface area contributed by atoms with Crippen LogP contribution in [0.4, 0.5) is 0 Å². The SMILES string of the molecule is CNC(C)CNC(=O)CC(C)(C)c1ccc(C)cc1. The second-order valence-corrected chi connectivity index (χ2v) is 5.92. The summed E-state index contributed by atoms with van der Waals surface area (Å²) in [7, 11) is 1.90. The molecule has 0 fully saturated rings. The third-order valence-electron chi connectivity index (χ3n) is 3.53. The van der Waals surface area contributed by atoms with Gasteiger partial charge in [0, 0.05) is 19.0 Å². The van der Waals surface area contributed by atoms with E-state index in [-0.39, 0.29) is 11.3 Å². The number of amides is 1. The van der Waals surface area contributed by atoms with Gasteiger partial charge in [0.05, 0.1) is 0 Å². The molecule has 3 nitrogen and oxygen atoms in total. The summed E-state index contributed by atoms with van der Waals surface area (Å²) in [6.07, 6.45) is 0.506. The summed E-state index contributed by atoms with van der Waals surface area (Å²) in [6, 6.07) is 8.71. The van der Waals surface area contributed by atoms with Crippen molar-refractivity contribution in [3.05, 3.63) is 35.4 Å². The summed E-state index contributed by atoms with van der Waals surface area (Å²) < 4.78 is 0. The fraction of sp³-hybridized carbons (Fsp3) is 0.562. The van der Waals surface area contributed by atoms with E-state index in [2.05, 4.69) is 55.7 Å². The highest BCUT2D eigenvalue weighted by atomic mass is 16.1. The van der Waals surface area contributed by atoms with Crippen molar-refractivity contribution in [1.82, 2.24) is 10.6 Å². The van der Waals surface area contributed by atoms with Crippen LogP contribution in [0, 0.1) is 6.92 Å². The molecule has 0 bridgehead atoms. The van der Waals surface area contributed by atoms with Crippen LogP contribution in [0.3, 0.4) is 0 Å². The van der Waals surface area contributed by atoms with Gasteiger partial charge in [-0.15, -0.1) is 0 Å². The molecule has 2 N–H and O–H groups in total. The van der Waals surface area contributed by atoms with E-state index in [1.54, 1.807) is 0 Å². The van der Waals surface area contributed by atoms with Crippen LogP contribution >= 0.6 is 0 Å². The van der Waals surface area contributed by atoms with Crippen molar-refractivity contribution >= 4 is 5.91 Å². The highest BCUT2D eigenvalue weighted by Crippen LogP contribution is 2.27. The molecule has 1 atom stereocenters. The van der Waals surface area contributed by atoms with Gasteiger partial charge < -0.3 is 10.6 Å². The quantitative estimate of drug-likeness (QED) is 0.826. The molecule has 1 aromatic carbocycles. The minimum Gasteiger partial charge on any atom is -0.355 e. The molecule has 106 valence electrons. The van der Waals surface area contributed by atoms with Gasteiger partial charge >= 0.3 is 0 Å². The molecule has 1 unspecified atom stereocenters. The summed E-state index contributed by atoms with van der Waals surface area (Å²) in [4.78, 5) is 12.0. The minimum atomic E-state index is -0.138. The van der Waals surface area contributed by atoms with Gasteiger partial charge in [-0.05, 0) is 31.9 Å². The molecule has 19 heavy (non-hydrogen) atoms. The normalized spacial score (nSPS) is 13.1. The Morgan fingerprint density at radius 2 is 1.84 bits per heavy atom. The van der Waals surface area contributed by atoms with Crippen LogP contribution in [0.1, 0.15) is 38.3 Å². The number of hydrogen-bond donors (Lipinski definition) is 2. The number of benzene rings is 1. The third-order valence-corrected chi connectivity index (χ3v) is 3.53. The van der Waals surface area contributed by atoms with E-state index in [0.29, 0.717) is 19.0 Å². The number of carbonyl (C=O) groups is 1. The molecule has 1 amide bonds. The Labute approximate surface area is 116 Å². The summed E-state index contributed by atoms with van der Waals surface area (Å²) in [6.45, 7) is 9.00. The van der Waals surface area contributed by atoms with Crippen molar-refractivity contribution in [2.45, 2.75) is 45.6 Å². The van der Waals surface area contributed by atoms with Crippen LogP contribution in [0.2, 0.25) is 0 Å². The number of rotatable bonds is 6. The molecule has 3 heteroatoms. The molecule has 0 aliphatic heterocycles. The van der Waals surface area contributed by atoms with E-state index in [1.807, 2.05) is 14.0 Å². The number of likely N-dealkylation sites (N-methyl/N-ethyl adjacent to an activating group) is 1. The number of hydrogen-bond acceptors (Lipinski definition) is 2. The van der Waals surface area contributed by atoms with Gasteiger partial charge in [0.2, 0.25) is 5.91 Å². The standard InChI is InChI=1S/C16H26N2O/c1-12-6-8-14(9-7-12)16(3,4)10-15(19)18-11-13(2)17-5/h6-9,13,17H,10-11H2,1-5H3,(H,18,19). The monoisotopic (exact) mass is 262 g/mol. The van der Waals surface area contributed by atoms with E-state index in [1.165, 1.54) is 11.1 Å². The average Bonchev–Trinajstić information content (AvgIpc) is 2.36. The van der Waals surface area contributed by atoms with Gasteiger partial charge in [-0.1, -0.05) is 43.7 Å². The Hall–Kier alpha value is -1.35. The highest BCUT2D eigenvalue weighted by Gasteiger charge is 2.24. The topological polar surface area (TPSA) is 41.1 Å². The van der Waals surface area contributed by atoms with Gasteiger partial charge in [-0.25, -0.2) is 0 Å². The molecular formula is C16H26N2O. The number of carbonyl (C=O) groups excluding carboxylic acids is 1. The lowest BCUT2D eigenvalue weighted by Crippen LogP contribution is -2.39. The van der Waals surface area contributed by atoms with Crippen LogP contribution in [-0.4, -0.2) is 25.5 Å². The fourth-order valence-electron chi connectivity index (χ4n) is 1.94. The van der Waals surface area contributed by atoms with Crippen LogP contribution in [0.5, 0.6) is 0 Å². The van der Waals surface area contributed by atoms with Gasteiger partial charge in [0.1, 0.15) is 0 Å². The Kier molecular flexibility index (Phi) is 5.55. The lowest BCUT2D eigenvalue weighted by Gasteiger charge is -2.25. The zero-order chi connectivity index (χ0) is 14.5. The van der Waals surface area contributed by atoms with Gasteiger partial charge in [0.15, 0.2) is 0 Å². The molecule has 0 aliphatic carbocycles. The van der Waals surface area contributed by atoms with Crippen molar-refractivity contribution < 1.29 is 4.79 Å². The van der Waals surface area contributed by atoms with Crippen LogP contribution in [0.25, 0.3) is 0 Å². The van der Waals surface area contributed by atoms with E-state index in [9.17, 15) is 4.79 Å². The molecular weight excluding hydrogens is 236 g/mol. The van der Waals surface area contributed by atoms with Gasteiger partial charge in [-0.2, -0.15) is 0 Å². The first-order valence-electron chi connectivity index (χ1n) is 6.86.